The molecule has 0 spiro atoms. The predicted octanol–water partition coefficient (Wildman–Crippen LogP) is 2.72. The van der Waals surface area contributed by atoms with Crippen molar-refractivity contribution in [3.63, 3.8) is 0 Å². The summed E-state index contributed by atoms with van der Waals surface area (Å²) < 4.78 is 2.15. The predicted molar refractivity (Wildman–Crippen MR) is 71.0 cm³/mol. The van der Waals surface area contributed by atoms with Gasteiger partial charge >= 0.3 is 6.03 Å². The van der Waals surface area contributed by atoms with Crippen LogP contribution in [0.15, 0.2) is 22.7 Å². The van der Waals surface area contributed by atoms with Crippen LogP contribution in [-0.2, 0) is 5.54 Å². The van der Waals surface area contributed by atoms with Crippen LogP contribution in [0.4, 0.5) is 4.79 Å². The Bertz CT molecular complexity index is 606. The smallest absolute Gasteiger partial charge is 0.312 e. The summed E-state index contributed by atoms with van der Waals surface area (Å²) >= 11 is 5.05. The molecule has 1 aromatic carbocycles. The molecule has 1 saturated carbocycles. The Balaban J connectivity index is 2.04. The quantitative estimate of drug-likeness (QED) is 0.895. The van der Waals surface area contributed by atoms with Crippen LogP contribution in [0.5, 0.6) is 0 Å². The summed E-state index contributed by atoms with van der Waals surface area (Å²) in [6, 6.07) is 5.49. The summed E-state index contributed by atoms with van der Waals surface area (Å²) in [7, 11) is 0. The lowest BCUT2D eigenvalue weighted by molar-refractivity contribution is 0.244. The number of hydrogen-bond donors (Lipinski definition) is 2. The molecule has 0 aliphatic heterocycles. The summed E-state index contributed by atoms with van der Waals surface area (Å²) in [6.45, 7) is 0. The maximum Gasteiger partial charge on any atom is 0.312 e. The van der Waals surface area contributed by atoms with Crippen LogP contribution >= 0.6 is 27.3 Å². The molecule has 0 unspecified atom stereocenters. The molecule has 1 aromatic heterocycles. The number of benzene rings is 1. The van der Waals surface area contributed by atoms with E-state index in [9.17, 15) is 4.79 Å². The van der Waals surface area contributed by atoms with Crippen LogP contribution in [0.3, 0.4) is 0 Å². The first-order valence-electron chi connectivity index (χ1n) is 5.23. The van der Waals surface area contributed by atoms with Gasteiger partial charge in [-0.2, -0.15) is 0 Å². The molecule has 3 N–H and O–H groups in total. The summed E-state index contributed by atoms with van der Waals surface area (Å²) in [5.74, 6) is 0. The zero-order chi connectivity index (χ0) is 12.0. The summed E-state index contributed by atoms with van der Waals surface area (Å²) in [5.41, 5.74) is 5.85. The number of amides is 2. The third kappa shape index (κ3) is 1.91. The maximum atomic E-state index is 11.0. The Kier molecular flexibility index (Phi) is 2.38. The highest BCUT2D eigenvalue weighted by Crippen LogP contribution is 2.47. The summed E-state index contributed by atoms with van der Waals surface area (Å²) in [5, 5.41) is 3.75. The van der Waals surface area contributed by atoms with E-state index < -0.39 is 6.03 Å². The van der Waals surface area contributed by atoms with E-state index in [-0.39, 0.29) is 5.54 Å². The van der Waals surface area contributed by atoms with Gasteiger partial charge in [0.25, 0.3) is 0 Å². The van der Waals surface area contributed by atoms with Gasteiger partial charge < -0.3 is 11.1 Å². The molecule has 1 aliphatic rings. The average Bonchev–Trinajstić information content (AvgIpc) is 2.90. The topological polar surface area (TPSA) is 68.0 Å². The van der Waals surface area contributed by atoms with E-state index in [0.29, 0.717) is 0 Å². The van der Waals surface area contributed by atoms with Gasteiger partial charge in [-0.15, -0.1) is 11.3 Å². The van der Waals surface area contributed by atoms with Gasteiger partial charge in [-0.25, -0.2) is 9.78 Å². The second kappa shape index (κ2) is 3.68. The number of halogens is 1. The molecular weight excluding hydrogens is 302 g/mol. The van der Waals surface area contributed by atoms with E-state index >= 15 is 0 Å². The fourth-order valence-corrected chi connectivity index (χ4v) is 3.58. The molecule has 1 heterocycles. The third-order valence-electron chi connectivity index (χ3n) is 2.87. The monoisotopic (exact) mass is 311 g/mol. The highest BCUT2D eigenvalue weighted by Gasteiger charge is 2.48. The van der Waals surface area contributed by atoms with Crippen molar-refractivity contribution in [2.24, 2.45) is 5.73 Å². The first kappa shape index (κ1) is 11.0. The lowest BCUT2D eigenvalue weighted by Crippen LogP contribution is -2.38. The van der Waals surface area contributed by atoms with Gasteiger partial charge in [0, 0.05) is 4.47 Å². The van der Waals surface area contributed by atoms with Gasteiger partial charge in [0.1, 0.15) is 5.01 Å². The molecule has 2 amide bonds. The summed E-state index contributed by atoms with van der Waals surface area (Å²) in [6.07, 6.45) is 1.83. The Morgan fingerprint density at radius 1 is 1.53 bits per heavy atom. The van der Waals surface area contributed by atoms with Gasteiger partial charge in [0.05, 0.1) is 15.8 Å². The third-order valence-corrected chi connectivity index (χ3v) is 4.59. The molecule has 1 fully saturated rings. The van der Waals surface area contributed by atoms with Crippen LogP contribution in [-0.4, -0.2) is 11.0 Å². The van der Waals surface area contributed by atoms with Crippen molar-refractivity contribution >= 4 is 43.5 Å². The highest BCUT2D eigenvalue weighted by molar-refractivity contribution is 9.10. The molecule has 1 aliphatic carbocycles. The number of nitrogens with zero attached hydrogens (tertiary/aromatic N) is 1. The number of carbonyl (C=O) groups excluding carboxylic acids is 1. The maximum absolute atomic E-state index is 11.0. The molecule has 0 saturated heterocycles. The number of thiazole rings is 1. The van der Waals surface area contributed by atoms with Gasteiger partial charge in [-0.3, -0.25) is 0 Å². The molecule has 88 valence electrons. The van der Waals surface area contributed by atoms with Crippen molar-refractivity contribution in [2.75, 3.05) is 0 Å². The number of carbonyl (C=O) groups is 1. The number of fused-ring (bicyclic) bond motifs is 1. The largest absolute Gasteiger partial charge is 0.352 e. The molecule has 0 bridgehead atoms. The van der Waals surface area contributed by atoms with Crippen LogP contribution in [0.1, 0.15) is 17.8 Å². The van der Waals surface area contributed by atoms with E-state index in [4.69, 9.17) is 5.73 Å². The molecular formula is C11H10BrN3OS. The van der Waals surface area contributed by atoms with E-state index in [1.165, 1.54) is 0 Å². The van der Waals surface area contributed by atoms with Gasteiger partial charge in [0.15, 0.2) is 0 Å². The van der Waals surface area contributed by atoms with Crippen molar-refractivity contribution in [3.05, 3.63) is 27.7 Å². The minimum Gasteiger partial charge on any atom is -0.352 e. The Morgan fingerprint density at radius 2 is 2.29 bits per heavy atom. The fraction of sp³-hybridized carbons (Fsp3) is 0.273. The van der Waals surface area contributed by atoms with Crippen LogP contribution < -0.4 is 11.1 Å². The van der Waals surface area contributed by atoms with Crippen LogP contribution in [0, 0.1) is 0 Å². The molecule has 0 radical (unpaired) electrons. The highest BCUT2D eigenvalue weighted by atomic mass is 79.9. The Morgan fingerprint density at radius 3 is 2.94 bits per heavy atom. The lowest BCUT2D eigenvalue weighted by atomic mass is 10.3. The molecule has 0 atom stereocenters. The first-order valence-corrected chi connectivity index (χ1v) is 6.84. The molecule has 2 aromatic rings. The van der Waals surface area contributed by atoms with E-state index in [0.717, 1.165) is 32.5 Å². The zero-order valence-electron chi connectivity index (χ0n) is 8.87. The summed E-state index contributed by atoms with van der Waals surface area (Å²) in [4.78, 5) is 15.5. The van der Waals surface area contributed by atoms with Gasteiger partial charge in [0.2, 0.25) is 0 Å². The van der Waals surface area contributed by atoms with E-state index in [1.807, 2.05) is 18.2 Å². The lowest BCUT2D eigenvalue weighted by Gasteiger charge is -2.11. The minimum atomic E-state index is -0.483. The fourth-order valence-electron chi connectivity index (χ4n) is 1.86. The van der Waals surface area contributed by atoms with Crippen LogP contribution in [0.25, 0.3) is 10.2 Å². The van der Waals surface area contributed by atoms with E-state index in [2.05, 4.69) is 26.2 Å². The van der Waals surface area contributed by atoms with Crippen molar-refractivity contribution < 1.29 is 4.79 Å². The Labute approximate surface area is 110 Å². The average molecular weight is 312 g/mol. The molecule has 17 heavy (non-hydrogen) atoms. The number of hydrogen-bond acceptors (Lipinski definition) is 3. The number of primary amides is 1. The molecule has 3 rings (SSSR count). The van der Waals surface area contributed by atoms with Crippen molar-refractivity contribution in [1.29, 1.82) is 0 Å². The number of aromatic nitrogens is 1. The first-order chi connectivity index (χ1) is 8.09. The van der Waals surface area contributed by atoms with Gasteiger partial charge in [-0.05, 0) is 31.0 Å². The second-order valence-electron chi connectivity index (χ2n) is 4.20. The molecule has 6 heteroatoms. The number of rotatable bonds is 2. The number of nitrogens with two attached hydrogens (primary N) is 1. The number of urea groups is 1. The normalized spacial score (nSPS) is 17.0. The standard InChI is InChI=1S/C11H10BrN3OS/c12-6-1-2-7-8(5-6)17-9(14-7)11(3-4-11)15-10(13)16/h1-2,5H,3-4H2,(H3,13,15,16). The second-order valence-corrected chi connectivity index (χ2v) is 6.15. The van der Waals surface area contributed by atoms with Gasteiger partial charge in [-0.1, -0.05) is 15.9 Å². The van der Waals surface area contributed by atoms with E-state index in [1.54, 1.807) is 11.3 Å². The Hall–Kier alpha value is -1.14. The van der Waals surface area contributed by atoms with Crippen LogP contribution in [0.2, 0.25) is 0 Å². The zero-order valence-corrected chi connectivity index (χ0v) is 11.3. The van der Waals surface area contributed by atoms with Crippen molar-refractivity contribution in [3.8, 4) is 0 Å². The van der Waals surface area contributed by atoms with Crippen molar-refractivity contribution in [2.45, 2.75) is 18.4 Å². The SMILES string of the molecule is NC(=O)NC1(c2nc3ccc(Br)cc3s2)CC1. The minimum absolute atomic E-state index is 0.304. The van der Waals surface area contributed by atoms with Crippen molar-refractivity contribution in [1.82, 2.24) is 10.3 Å². The number of nitrogens with one attached hydrogen (secondary N) is 1. The molecule has 4 nitrogen and oxygen atoms in total.